The molecule has 1 aromatic rings. The minimum absolute atomic E-state index is 0. The molecule has 7 heteroatoms. The van der Waals surface area contributed by atoms with Crippen molar-refractivity contribution >= 4 is 22.4 Å². The first-order chi connectivity index (χ1) is 9.03. The van der Waals surface area contributed by atoms with E-state index in [1.54, 1.807) is 0 Å². The summed E-state index contributed by atoms with van der Waals surface area (Å²) in [6, 6.07) is 4.57. The first kappa shape index (κ1) is 17.4. The summed E-state index contributed by atoms with van der Waals surface area (Å²) < 4.78 is 39.8. The van der Waals surface area contributed by atoms with Gasteiger partial charge in [0.25, 0.3) is 0 Å². The van der Waals surface area contributed by atoms with E-state index >= 15 is 0 Å². The van der Waals surface area contributed by atoms with Gasteiger partial charge in [-0.05, 0) is 43.0 Å². The summed E-state index contributed by atoms with van der Waals surface area (Å²) in [4.78, 5) is 0.0744. The number of rotatable bonds is 5. The van der Waals surface area contributed by atoms with E-state index in [4.69, 9.17) is 5.73 Å². The third-order valence-electron chi connectivity index (χ3n) is 3.65. The second-order valence-electron chi connectivity index (χ2n) is 4.96. The highest BCUT2D eigenvalue weighted by Crippen LogP contribution is 2.28. The lowest BCUT2D eigenvalue weighted by Crippen LogP contribution is -2.44. The molecule has 0 saturated heterocycles. The molecule has 1 aromatic carbocycles. The molecule has 3 N–H and O–H groups in total. The molecule has 20 heavy (non-hydrogen) atoms. The highest BCUT2D eigenvalue weighted by atomic mass is 35.5. The Hall–Kier alpha value is -0.690. The molecule has 0 spiro atoms. The molecule has 0 amide bonds. The Kier molecular flexibility index (Phi) is 6.39. The third-order valence-corrected chi connectivity index (χ3v) is 5.16. The first-order valence-electron chi connectivity index (χ1n) is 6.51. The van der Waals surface area contributed by atoms with Crippen molar-refractivity contribution in [3.63, 3.8) is 0 Å². The van der Waals surface area contributed by atoms with Gasteiger partial charge in [0.2, 0.25) is 10.0 Å². The van der Waals surface area contributed by atoms with Gasteiger partial charge in [-0.3, -0.25) is 0 Å². The average molecular weight is 323 g/mol. The van der Waals surface area contributed by atoms with Crippen LogP contribution in [0.25, 0.3) is 0 Å². The fraction of sp³-hybridized carbons (Fsp3) is 0.538. The van der Waals surface area contributed by atoms with E-state index in [0.717, 1.165) is 37.8 Å². The van der Waals surface area contributed by atoms with Crippen LogP contribution < -0.4 is 10.5 Å². The first-order valence-corrected chi connectivity index (χ1v) is 7.99. The van der Waals surface area contributed by atoms with Gasteiger partial charge in [0.15, 0.2) is 0 Å². The van der Waals surface area contributed by atoms with Crippen LogP contribution in [0.3, 0.4) is 0 Å². The van der Waals surface area contributed by atoms with Crippen molar-refractivity contribution in [2.24, 2.45) is 11.7 Å². The minimum atomic E-state index is -3.62. The van der Waals surface area contributed by atoms with Gasteiger partial charge >= 0.3 is 0 Å². The SMILES string of the molecule is Cl.NCC(NS(=O)(=O)c1ccc(F)cc1)C1CCCC1. The Bertz CT molecular complexity index is 516. The van der Waals surface area contributed by atoms with Crippen LogP contribution in [0.1, 0.15) is 25.7 Å². The van der Waals surface area contributed by atoms with E-state index in [9.17, 15) is 12.8 Å². The van der Waals surface area contributed by atoms with Crippen LogP contribution in [-0.4, -0.2) is 21.0 Å². The highest BCUT2D eigenvalue weighted by Gasteiger charge is 2.28. The normalized spacial score (nSPS) is 17.7. The third kappa shape index (κ3) is 4.15. The summed E-state index contributed by atoms with van der Waals surface area (Å²) >= 11 is 0. The smallest absolute Gasteiger partial charge is 0.240 e. The lowest BCUT2D eigenvalue weighted by Gasteiger charge is -2.22. The van der Waals surface area contributed by atoms with E-state index in [2.05, 4.69) is 4.72 Å². The van der Waals surface area contributed by atoms with Crippen molar-refractivity contribution in [1.82, 2.24) is 4.72 Å². The maximum atomic E-state index is 12.8. The van der Waals surface area contributed by atoms with Crippen LogP contribution >= 0.6 is 12.4 Å². The molecule has 0 aromatic heterocycles. The van der Waals surface area contributed by atoms with Crippen LogP contribution in [0, 0.1) is 11.7 Å². The van der Waals surface area contributed by atoms with Crippen LogP contribution in [0.2, 0.25) is 0 Å². The van der Waals surface area contributed by atoms with Crippen molar-refractivity contribution in [2.45, 2.75) is 36.6 Å². The second kappa shape index (κ2) is 7.36. The second-order valence-corrected chi connectivity index (χ2v) is 6.68. The van der Waals surface area contributed by atoms with Gasteiger partial charge in [0.1, 0.15) is 5.82 Å². The van der Waals surface area contributed by atoms with Gasteiger partial charge in [0, 0.05) is 12.6 Å². The Labute approximate surface area is 125 Å². The molecular weight excluding hydrogens is 303 g/mol. The van der Waals surface area contributed by atoms with Crippen LogP contribution in [-0.2, 0) is 10.0 Å². The molecule has 1 unspecified atom stereocenters. The van der Waals surface area contributed by atoms with Crippen LogP contribution in [0.5, 0.6) is 0 Å². The predicted molar refractivity (Wildman–Crippen MR) is 78.8 cm³/mol. The van der Waals surface area contributed by atoms with E-state index in [-0.39, 0.29) is 29.9 Å². The molecule has 4 nitrogen and oxygen atoms in total. The summed E-state index contributed by atoms with van der Waals surface area (Å²) in [5.41, 5.74) is 5.68. The molecule has 114 valence electrons. The molecule has 1 aliphatic carbocycles. The van der Waals surface area contributed by atoms with Crippen molar-refractivity contribution in [2.75, 3.05) is 6.54 Å². The standard InChI is InChI=1S/C13H19FN2O2S.ClH/c14-11-5-7-12(8-6-11)19(17,18)16-13(9-15)10-3-1-2-4-10;/h5-8,10,13,16H,1-4,9,15H2;1H. The molecule has 2 rings (SSSR count). The molecule has 1 fully saturated rings. The van der Waals surface area contributed by atoms with Gasteiger partial charge in [-0.1, -0.05) is 12.8 Å². The van der Waals surface area contributed by atoms with Crippen molar-refractivity contribution in [1.29, 1.82) is 0 Å². The fourth-order valence-electron chi connectivity index (χ4n) is 2.58. The quantitative estimate of drug-likeness (QED) is 0.871. The lowest BCUT2D eigenvalue weighted by atomic mass is 9.99. The van der Waals surface area contributed by atoms with E-state index in [1.807, 2.05) is 0 Å². The van der Waals surface area contributed by atoms with Gasteiger partial charge in [-0.2, -0.15) is 0 Å². The topological polar surface area (TPSA) is 72.2 Å². The molecule has 0 heterocycles. The number of sulfonamides is 1. The predicted octanol–water partition coefficient (Wildman–Crippen LogP) is 2.04. The number of hydrogen-bond acceptors (Lipinski definition) is 3. The van der Waals surface area contributed by atoms with Gasteiger partial charge in [0.05, 0.1) is 4.90 Å². The van der Waals surface area contributed by atoms with E-state index < -0.39 is 15.8 Å². The Balaban J connectivity index is 0.00000200. The Morgan fingerprint density at radius 1 is 1.25 bits per heavy atom. The lowest BCUT2D eigenvalue weighted by molar-refractivity contribution is 0.405. The largest absolute Gasteiger partial charge is 0.329 e. The molecular formula is C13H20ClFN2O2S. The molecule has 0 radical (unpaired) electrons. The summed E-state index contributed by atoms with van der Waals surface area (Å²) in [6.45, 7) is 0.283. The van der Waals surface area contributed by atoms with Gasteiger partial charge in [-0.15, -0.1) is 12.4 Å². The summed E-state index contributed by atoms with van der Waals surface area (Å²) in [5.74, 6) is -0.148. The summed E-state index contributed by atoms with van der Waals surface area (Å²) in [7, 11) is -3.62. The van der Waals surface area contributed by atoms with Crippen molar-refractivity contribution < 1.29 is 12.8 Å². The monoisotopic (exact) mass is 322 g/mol. The minimum Gasteiger partial charge on any atom is -0.329 e. The number of nitrogens with one attached hydrogen (secondary N) is 1. The van der Waals surface area contributed by atoms with Crippen molar-refractivity contribution in [3.05, 3.63) is 30.1 Å². The van der Waals surface area contributed by atoms with Crippen LogP contribution in [0.4, 0.5) is 4.39 Å². The average Bonchev–Trinajstić information content (AvgIpc) is 2.90. The molecule has 1 aliphatic rings. The number of benzene rings is 1. The highest BCUT2D eigenvalue weighted by molar-refractivity contribution is 7.89. The molecule has 0 aliphatic heterocycles. The number of nitrogens with two attached hydrogens (primary N) is 1. The molecule has 0 bridgehead atoms. The maximum absolute atomic E-state index is 12.8. The maximum Gasteiger partial charge on any atom is 0.240 e. The van der Waals surface area contributed by atoms with Gasteiger partial charge in [-0.25, -0.2) is 17.5 Å². The van der Waals surface area contributed by atoms with Crippen molar-refractivity contribution in [3.8, 4) is 0 Å². The zero-order chi connectivity index (χ0) is 13.9. The fourth-order valence-corrected chi connectivity index (χ4v) is 3.90. The summed E-state index contributed by atoms with van der Waals surface area (Å²) in [6.07, 6.45) is 4.26. The number of hydrogen-bond donors (Lipinski definition) is 2. The Morgan fingerprint density at radius 3 is 2.30 bits per heavy atom. The molecule has 1 atom stereocenters. The zero-order valence-electron chi connectivity index (χ0n) is 11.1. The van der Waals surface area contributed by atoms with Crippen LogP contribution in [0.15, 0.2) is 29.2 Å². The van der Waals surface area contributed by atoms with Gasteiger partial charge < -0.3 is 5.73 Å². The van der Waals surface area contributed by atoms with E-state index in [0.29, 0.717) is 5.92 Å². The number of halogens is 2. The van der Waals surface area contributed by atoms with E-state index in [1.165, 1.54) is 12.1 Å². The molecule has 1 saturated carbocycles. The zero-order valence-corrected chi connectivity index (χ0v) is 12.7. The summed E-state index contributed by atoms with van der Waals surface area (Å²) in [5, 5.41) is 0. The Morgan fingerprint density at radius 2 is 1.80 bits per heavy atom.